The molecule has 0 fully saturated rings. The highest BCUT2D eigenvalue weighted by molar-refractivity contribution is 6.05. The summed E-state index contributed by atoms with van der Waals surface area (Å²) < 4.78 is 14.8. The molecule has 35 heavy (non-hydrogen) atoms. The Bertz CT molecular complexity index is 1550. The van der Waals surface area contributed by atoms with Crippen molar-refractivity contribution >= 4 is 34.0 Å². The van der Waals surface area contributed by atoms with E-state index < -0.39 is 11.5 Å². The zero-order chi connectivity index (χ0) is 24.2. The van der Waals surface area contributed by atoms with Gasteiger partial charge in [0.15, 0.2) is 0 Å². The molecular weight excluding hydrogens is 443 g/mol. The van der Waals surface area contributed by atoms with E-state index in [2.05, 4.69) is 15.6 Å². The topological polar surface area (TPSA) is 76.0 Å². The molecule has 0 bridgehead atoms. The fourth-order valence-corrected chi connectivity index (χ4v) is 3.81. The van der Waals surface area contributed by atoms with Gasteiger partial charge in [-0.2, -0.15) is 0 Å². The number of anilines is 3. The van der Waals surface area contributed by atoms with Crippen molar-refractivity contribution in [2.24, 2.45) is 0 Å². The van der Waals surface area contributed by atoms with Crippen molar-refractivity contribution in [3.8, 4) is 0 Å². The van der Waals surface area contributed by atoms with Gasteiger partial charge < -0.3 is 10.6 Å². The molecule has 5 rings (SSSR count). The summed E-state index contributed by atoms with van der Waals surface area (Å²) in [5.41, 5.74) is 3.08. The summed E-state index contributed by atoms with van der Waals surface area (Å²) in [5, 5.41) is 6.74. The Balaban J connectivity index is 1.42. The molecule has 0 spiro atoms. The fourth-order valence-electron chi connectivity index (χ4n) is 3.81. The lowest BCUT2D eigenvalue weighted by Gasteiger charge is -2.13. The van der Waals surface area contributed by atoms with E-state index in [0.717, 1.165) is 16.9 Å². The van der Waals surface area contributed by atoms with E-state index >= 15 is 0 Å². The summed E-state index contributed by atoms with van der Waals surface area (Å²) in [6.45, 7) is 0.160. The lowest BCUT2D eigenvalue weighted by molar-refractivity contribution is 0.102. The number of halogens is 1. The van der Waals surface area contributed by atoms with E-state index in [1.807, 2.05) is 42.5 Å². The monoisotopic (exact) mass is 464 g/mol. The Hall–Kier alpha value is -4.78. The number of benzene rings is 3. The molecule has 0 unspecified atom stereocenters. The van der Waals surface area contributed by atoms with Gasteiger partial charge in [0.25, 0.3) is 11.5 Å². The molecule has 5 aromatic rings. The van der Waals surface area contributed by atoms with Crippen LogP contribution in [0.15, 0.2) is 108 Å². The third-order valence-corrected chi connectivity index (χ3v) is 5.55. The number of para-hydroxylation sites is 1. The maximum Gasteiger partial charge on any atom is 0.265 e. The Morgan fingerprint density at radius 3 is 2.26 bits per heavy atom. The molecule has 2 N–H and O–H groups in total. The van der Waals surface area contributed by atoms with Gasteiger partial charge in [-0.05, 0) is 72.3 Å². The van der Waals surface area contributed by atoms with E-state index in [9.17, 15) is 14.0 Å². The van der Waals surface area contributed by atoms with Crippen molar-refractivity contribution in [3.63, 3.8) is 0 Å². The standard InChI is InChI=1S/C28H21FN4O2/c29-21-10-8-19(9-11-21)18-33-26-20(5-4-16-30-26)17-25(28(33)35)27(34)32-24-14-12-23(13-15-24)31-22-6-2-1-3-7-22/h1-17,31H,18H2,(H,32,34). The second-order valence-electron chi connectivity index (χ2n) is 8.01. The number of amides is 1. The summed E-state index contributed by atoms with van der Waals surface area (Å²) in [7, 11) is 0. The van der Waals surface area contributed by atoms with Crippen LogP contribution in [0.3, 0.4) is 0 Å². The number of pyridine rings is 2. The molecule has 0 saturated carbocycles. The first-order valence-electron chi connectivity index (χ1n) is 11.0. The molecule has 172 valence electrons. The molecule has 0 aliphatic heterocycles. The number of carbonyl (C=O) groups excluding carboxylic acids is 1. The minimum atomic E-state index is -0.516. The largest absolute Gasteiger partial charge is 0.356 e. The number of nitrogens with one attached hydrogen (secondary N) is 2. The SMILES string of the molecule is O=C(Nc1ccc(Nc2ccccc2)cc1)c1cc2cccnc2n(Cc2ccc(F)cc2)c1=O. The highest BCUT2D eigenvalue weighted by Gasteiger charge is 2.17. The average molecular weight is 465 g/mol. The zero-order valence-corrected chi connectivity index (χ0v) is 18.6. The van der Waals surface area contributed by atoms with Crippen molar-refractivity contribution < 1.29 is 9.18 Å². The molecule has 0 aliphatic rings. The van der Waals surface area contributed by atoms with E-state index in [1.165, 1.54) is 16.7 Å². The van der Waals surface area contributed by atoms with E-state index in [0.29, 0.717) is 16.7 Å². The van der Waals surface area contributed by atoms with Crippen molar-refractivity contribution in [1.29, 1.82) is 0 Å². The van der Waals surface area contributed by atoms with E-state index in [-0.39, 0.29) is 17.9 Å². The Morgan fingerprint density at radius 1 is 0.829 bits per heavy atom. The quantitative estimate of drug-likeness (QED) is 0.344. The fraction of sp³-hybridized carbons (Fsp3) is 0.0357. The van der Waals surface area contributed by atoms with Crippen molar-refractivity contribution in [2.75, 3.05) is 10.6 Å². The van der Waals surface area contributed by atoms with E-state index in [4.69, 9.17) is 0 Å². The molecule has 2 heterocycles. The zero-order valence-electron chi connectivity index (χ0n) is 18.6. The summed E-state index contributed by atoms with van der Waals surface area (Å²) >= 11 is 0. The highest BCUT2D eigenvalue weighted by atomic mass is 19.1. The molecule has 3 aromatic carbocycles. The summed E-state index contributed by atoms with van der Waals surface area (Å²) in [5.74, 6) is -0.875. The predicted molar refractivity (Wildman–Crippen MR) is 136 cm³/mol. The van der Waals surface area contributed by atoms with Gasteiger partial charge in [-0.15, -0.1) is 0 Å². The maximum absolute atomic E-state index is 13.3. The number of hydrogen-bond acceptors (Lipinski definition) is 4. The van der Waals surface area contributed by atoms with Gasteiger partial charge in [-0.1, -0.05) is 30.3 Å². The van der Waals surface area contributed by atoms with Crippen LogP contribution < -0.4 is 16.2 Å². The van der Waals surface area contributed by atoms with Gasteiger partial charge in [0.2, 0.25) is 0 Å². The van der Waals surface area contributed by atoms with Crippen LogP contribution >= 0.6 is 0 Å². The minimum Gasteiger partial charge on any atom is -0.356 e. The van der Waals surface area contributed by atoms with Crippen LogP contribution in [-0.2, 0) is 6.54 Å². The molecular formula is C28H21FN4O2. The lowest BCUT2D eigenvalue weighted by Crippen LogP contribution is -2.30. The van der Waals surface area contributed by atoms with Crippen LogP contribution in [-0.4, -0.2) is 15.5 Å². The van der Waals surface area contributed by atoms with Crippen LogP contribution in [0, 0.1) is 5.82 Å². The summed E-state index contributed by atoms with van der Waals surface area (Å²) in [6, 6.07) is 27.9. The summed E-state index contributed by atoms with van der Waals surface area (Å²) in [6.07, 6.45) is 1.59. The second-order valence-corrected chi connectivity index (χ2v) is 8.01. The maximum atomic E-state index is 13.3. The van der Waals surface area contributed by atoms with Crippen molar-refractivity contribution in [1.82, 2.24) is 9.55 Å². The van der Waals surface area contributed by atoms with Gasteiger partial charge in [0.05, 0.1) is 6.54 Å². The lowest BCUT2D eigenvalue weighted by atomic mass is 10.1. The first-order valence-corrected chi connectivity index (χ1v) is 11.0. The van der Waals surface area contributed by atoms with Crippen LogP contribution in [0.4, 0.5) is 21.5 Å². The first-order chi connectivity index (χ1) is 17.1. The van der Waals surface area contributed by atoms with Crippen LogP contribution in [0.5, 0.6) is 0 Å². The van der Waals surface area contributed by atoms with Crippen molar-refractivity contribution in [2.45, 2.75) is 6.54 Å². The van der Waals surface area contributed by atoms with Gasteiger partial charge in [-0.3, -0.25) is 14.2 Å². The second kappa shape index (κ2) is 9.61. The number of hydrogen-bond donors (Lipinski definition) is 2. The first kappa shape index (κ1) is 22.0. The normalized spacial score (nSPS) is 10.8. The molecule has 0 radical (unpaired) electrons. The number of aromatic nitrogens is 2. The average Bonchev–Trinajstić information content (AvgIpc) is 2.88. The predicted octanol–water partition coefficient (Wildman–Crippen LogP) is 5.58. The molecule has 0 aliphatic carbocycles. The van der Waals surface area contributed by atoms with Crippen LogP contribution in [0.2, 0.25) is 0 Å². The molecule has 0 saturated heterocycles. The van der Waals surface area contributed by atoms with Gasteiger partial charge in [-0.25, -0.2) is 9.37 Å². The van der Waals surface area contributed by atoms with Gasteiger partial charge in [0, 0.05) is 28.6 Å². The third-order valence-electron chi connectivity index (χ3n) is 5.55. The smallest absolute Gasteiger partial charge is 0.265 e. The highest BCUT2D eigenvalue weighted by Crippen LogP contribution is 2.20. The van der Waals surface area contributed by atoms with Crippen molar-refractivity contribution in [3.05, 3.63) is 131 Å². The third kappa shape index (κ3) is 4.94. The Labute approximate surface area is 200 Å². The number of fused-ring (bicyclic) bond motifs is 1. The summed E-state index contributed by atoms with van der Waals surface area (Å²) in [4.78, 5) is 30.7. The van der Waals surface area contributed by atoms with Gasteiger partial charge >= 0.3 is 0 Å². The van der Waals surface area contributed by atoms with Gasteiger partial charge in [0.1, 0.15) is 17.0 Å². The number of carbonyl (C=O) groups is 1. The van der Waals surface area contributed by atoms with Crippen LogP contribution in [0.25, 0.3) is 11.0 Å². The Kier molecular flexibility index (Phi) is 6.05. The van der Waals surface area contributed by atoms with Crippen LogP contribution in [0.1, 0.15) is 15.9 Å². The Morgan fingerprint density at radius 2 is 1.51 bits per heavy atom. The minimum absolute atomic E-state index is 0.000834. The molecule has 1 amide bonds. The number of rotatable bonds is 6. The number of nitrogens with zero attached hydrogens (tertiary/aromatic N) is 2. The molecule has 6 nitrogen and oxygen atoms in total. The molecule has 7 heteroatoms. The molecule has 0 atom stereocenters. The van der Waals surface area contributed by atoms with E-state index in [1.54, 1.807) is 48.7 Å². The molecule has 2 aromatic heterocycles.